The van der Waals surface area contributed by atoms with Crippen LogP contribution in [-0.4, -0.2) is 19.1 Å². The minimum Gasteiger partial charge on any atom is -0.496 e. The van der Waals surface area contributed by atoms with E-state index in [2.05, 4.69) is 28.2 Å². The molecule has 0 saturated heterocycles. The SMILES string of the molecule is CC[C@@H](C)Oc1cccc(C(=O)Nc2ccc(OC)c(Br)c2)c1. The van der Waals surface area contributed by atoms with Gasteiger partial charge in [-0.1, -0.05) is 13.0 Å². The van der Waals surface area contributed by atoms with E-state index >= 15 is 0 Å². The summed E-state index contributed by atoms with van der Waals surface area (Å²) < 4.78 is 11.7. The minimum absolute atomic E-state index is 0.117. The number of carbonyl (C=O) groups is 1. The lowest BCUT2D eigenvalue weighted by Gasteiger charge is -2.13. The normalized spacial score (nSPS) is 11.7. The van der Waals surface area contributed by atoms with Crippen LogP contribution in [0.25, 0.3) is 0 Å². The molecule has 2 rings (SSSR count). The number of methoxy groups -OCH3 is 1. The van der Waals surface area contributed by atoms with Gasteiger partial charge in [-0.25, -0.2) is 0 Å². The zero-order valence-corrected chi connectivity index (χ0v) is 15.0. The number of nitrogens with one attached hydrogen (secondary N) is 1. The first-order chi connectivity index (χ1) is 11.0. The van der Waals surface area contributed by atoms with Crippen molar-refractivity contribution >= 4 is 27.5 Å². The molecule has 0 saturated carbocycles. The molecule has 4 nitrogen and oxygen atoms in total. The highest BCUT2D eigenvalue weighted by Crippen LogP contribution is 2.28. The number of benzene rings is 2. The molecule has 0 radical (unpaired) electrons. The van der Waals surface area contributed by atoms with Crippen LogP contribution in [-0.2, 0) is 0 Å². The van der Waals surface area contributed by atoms with E-state index < -0.39 is 0 Å². The van der Waals surface area contributed by atoms with E-state index in [0.717, 1.165) is 10.9 Å². The van der Waals surface area contributed by atoms with E-state index in [-0.39, 0.29) is 12.0 Å². The van der Waals surface area contributed by atoms with Crippen LogP contribution in [0.2, 0.25) is 0 Å². The first-order valence-electron chi connectivity index (χ1n) is 7.45. The fourth-order valence-electron chi connectivity index (χ4n) is 1.97. The van der Waals surface area contributed by atoms with Gasteiger partial charge in [-0.15, -0.1) is 0 Å². The number of halogens is 1. The monoisotopic (exact) mass is 377 g/mol. The second-order valence-electron chi connectivity index (χ2n) is 5.17. The molecule has 23 heavy (non-hydrogen) atoms. The number of anilines is 1. The van der Waals surface area contributed by atoms with Crippen molar-refractivity contribution in [2.24, 2.45) is 0 Å². The lowest BCUT2D eigenvalue weighted by atomic mass is 10.2. The Morgan fingerprint density at radius 1 is 1.26 bits per heavy atom. The van der Waals surface area contributed by atoms with E-state index in [9.17, 15) is 4.79 Å². The van der Waals surface area contributed by atoms with Crippen molar-refractivity contribution in [3.63, 3.8) is 0 Å². The number of hydrogen-bond donors (Lipinski definition) is 1. The Hall–Kier alpha value is -2.01. The predicted molar refractivity (Wildman–Crippen MR) is 95.5 cm³/mol. The molecule has 1 amide bonds. The van der Waals surface area contributed by atoms with Crippen LogP contribution in [0.5, 0.6) is 11.5 Å². The summed E-state index contributed by atoms with van der Waals surface area (Å²) in [6, 6.07) is 12.6. The average Bonchev–Trinajstić information content (AvgIpc) is 2.55. The van der Waals surface area contributed by atoms with Gasteiger partial charge in [0, 0.05) is 11.3 Å². The molecule has 2 aromatic carbocycles. The summed E-state index contributed by atoms with van der Waals surface area (Å²) in [7, 11) is 1.60. The highest BCUT2D eigenvalue weighted by molar-refractivity contribution is 9.10. The molecule has 0 unspecified atom stereocenters. The second kappa shape index (κ2) is 8.02. The van der Waals surface area contributed by atoms with Crippen molar-refractivity contribution in [1.82, 2.24) is 0 Å². The van der Waals surface area contributed by atoms with Gasteiger partial charge < -0.3 is 14.8 Å². The average molecular weight is 378 g/mol. The number of ether oxygens (including phenoxy) is 2. The van der Waals surface area contributed by atoms with E-state index in [1.807, 2.05) is 19.1 Å². The molecule has 5 heteroatoms. The predicted octanol–water partition coefficient (Wildman–Crippen LogP) is 4.89. The Balaban J connectivity index is 2.11. The fourth-order valence-corrected chi connectivity index (χ4v) is 2.51. The summed E-state index contributed by atoms with van der Waals surface area (Å²) in [5.74, 6) is 1.23. The van der Waals surface area contributed by atoms with Gasteiger partial charge in [-0.2, -0.15) is 0 Å². The zero-order chi connectivity index (χ0) is 16.8. The van der Waals surface area contributed by atoms with Gasteiger partial charge in [0.15, 0.2) is 0 Å². The van der Waals surface area contributed by atoms with Gasteiger partial charge in [0.05, 0.1) is 17.7 Å². The quantitative estimate of drug-likeness (QED) is 0.779. The number of carbonyl (C=O) groups excluding carboxylic acids is 1. The molecule has 0 aliphatic rings. The van der Waals surface area contributed by atoms with Crippen molar-refractivity contribution in [2.75, 3.05) is 12.4 Å². The summed E-state index contributed by atoms with van der Waals surface area (Å²) in [6.07, 6.45) is 1.03. The maximum Gasteiger partial charge on any atom is 0.255 e. The third-order valence-electron chi connectivity index (χ3n) is 3.42. The van der Waals surface area contributed by atoms with Crippen LogP contribution in [0.1, 0.15) is 30.6 Å². The molecule has 0 bridgehead atoms. The largest absolute Gasteiger partial charge is 0.496 e. The van der Waals surface area contributed by atoms with Gasteiger partial charge in [0.1, 0.15) is 11.5 Å². The van der Waals surface area contributed by atoms with Gasteiger partial charge in [0.25, 0.3) is 5.91 Å². The fraction of sp³-hybridized carbons (Fsp3) is 0.278. The molecule has 122 valence electrons. The Morgan fingerprint density at radius 3 is 2.70 bits per heavy atom. The van der Waals surface area contributed by atoms with Crippen molar-refractivity contribution in [3.05, 3.63) is 52.5 Å². The highest BCUT2D eigenvalue weighted by Gasteiger charge is 2.10. The summed E-state index contributed by atoms with van der Waals surface area (Å²) in [5, 5.41) is 2.86. The zero-order valence-electron chi connectivity index (χ0n) is 13.4. The van der Waals surface area contributed by atoms with E-state index in [4.69, 9.17) is 9.47 Å². The first kappa shape index (κ1) is 17.3. The second-order valence-corrected chi connectivity index (χ2v) is 6.02. The van der Waals surface area contributed by atoms with E-state index in [1.54, 1.807) is 37.4 Å². The van der Waals surface area contributed by atoms with Crippen LogP contribution < -0.4 is 14.8 Å². The van der Waals surface area contributed by atoms with Gasteiger partial charge in [0.2, 0.25) is 0 Å². The minimum atomic E-state index is -0.184. The topological polar surface area (TPSA) is 47.6 Å². The van der Waals surface area contributed by atoms with Gasteiger partial charge in [-0.05, 0) is 65.7 Å². The van der Waals surface area contributed by atoms with Crippen LogP contribution >= 0.6 is 15.9 Å². The molecule has 1 atom stereocenters. The van der Waals surface area contributed by atoms with Gasteiger partial charge >= 0.3 is 0 Å². The first-order valence-corrected chi connectivity index (χ1v) is 8.24. The molecular formula is C18H20BrNO3. The Kier molecular flexibility index (Phi) is 6.04. The molecule has 0 heterocycles. The summed E-state index contributed by atoms with van der Waals surface area (Å²) in [6.45, 7) is 4.06. The molecule has 0 aromatic heterocycles. The molecule has 0 spiro atoms. The van der Waals surface area contributed by atoms with Gasteiger partial charge in [-0.3, -0.25) is 4.79 Å². The lowest BCUT2D eigenvalue weighted by molar-refractivity contribution is 0.102. The Morgan fingerprint density at radius 2 is 2.04 bits per heavy atom. The maximum absolute atomic E-state index is 12.4. The third-order valence-corrected chi connectivity index (χ3v) is 4.04. The number of rotatable bonds is 6. The van der Waals surface area contributed by atoms with Crippen LogP contribution in [0.3, 0.4) is 0 Å². The Labute approximate surface area is 144 Å². The smallest absolute Gasteiger partial charge is 0.255 e. The Bertz CT molecular complexity index is 688. The molecule has 0 aliphatic carbocycles. The molecule has 0 fully saturated rings. The lowest BCUT2D eigenvalue weighted by Crippen LogP contribution is -2.13. The molecule has 2 aromatic rings. The van der Waals surface area contributed by atoms with Crippen LogP contribution in [0, 0.1) is 0 Å². The van der Waals surface area contributed by atoms with Crippen molar-refractivity contribution in [3.8, 4) is 11.5 Å². The van der Waals surface area contributed by atoms with E-state index in [0.29, 0.717) is 22.7 Å². The van der Waals surface area contributed by atoms with Crippen molar-refractivity contribution in [1.29, 1.82) is 0 Å². The summed E-state index contributed by atoms with van der Waals surface area (Å²) in [4.78, 5) is 12.4. The molecular weight excluding hydrogens is 358 g/mol. The summed E-state index contributed by atoms with van der Waals surface area (Å²) in [5.41, 5.74) is 1.24. The highest BCUT2D eigenvalue weighted by atomic mass is 79.9. The molecule has 0 aliphatic heterocycles. The summed E-state index contributed by atoms with van der Waals surface area (Å²) >= 11 is 3.40. The molecule has 1 N–H and O–H groups in total. The maximum atomic E-state index is 12.4. The van der Waals surface area contributed by atoms with Crippen molar-refractivity contribution in [2.45, 2.75) is 26.4 Å². The number of hydrogen-bond acceptors (Lipinski definition) is 3. The standard InChI is InChI=1S/C18H20BrNO3/c1-4-12(2)23-15-7-5-6-13(10-15)18(21)20-14-8-9-17(22-3)16(19)11-14/h5-12H,4H2,1-3H3,(H,20,21)/t12-/m1/s1. The third kappa shape index (κ3) is 4.73. The number of amides is 1. The van der Waals surface area contributed by atoms with Crippen molar-refractivity contribution < 1.29 is 14.3 Å². The van der Waals surface area contributed by atoms with Crippen LogP contribution in [0.4, 0.5) is 5.69 Å². The van der Waals surface area contributed by atoms with Crippen LogP contribution in [0.15, 0.2) is 46.9 Å². The van der Waals surface area contributed by atoms with E-state index in [1.165, 1.54) is 0 Å².